The molecule has 150 valence electrons. The van der Waals surface area contributed by atoms with Gasteiger partial charge < -0.3 is 14.6 Å². The largest absolute Gasteiger partial charge is 0.573 e. The quantitative estimate of drug-likeness (QED) is 0.477. The second-order valence-corrected chi connectivity index (χ2v) is 8.19. The maximum atomic E-state index is 12.2. The zero-order valence-corrected chi connectivity index (χ0v) is 16.5. The first-order chi connectivity index (χ1) is 13.3. The second kappa shape index (κ2) is 8.78. The van der Waals surface area contributed by atoms with Crippen molar-refractivity contribution >= 4 is 33.9 Å². The van der Waals surface area contributed by atoms with Crippen molar-refractivity contribution in [3.05, 3.63) is 36.0 Å². The minimum atomic E-state index is -4.72. The number of halogens is 3. The van der Waals surface area contributed by atoms with Gasteiger partial charge in [0.2, 0.25) is 11.0 Å². The fourth-order valence-electron chi connectivity index (χ4n) is 2.13. The highest BCUT2D eigenvalue weighted by Crippen LogP contribution is 2.37. The van der Waals surface area contributed by atoms with E-state index < -0.39 is 6.36 Å². The molecule has 0 radical (unpaired) electrons. The number of rotatable bonds is 8. The Morgan fingerprint density at radius 3 is 2.68 bits per heavy atom. The number of aromatic nitrogens is 4. The Bertz CT molecular complexity index is 898. The van der Waals surface area contributed by atoms with Crippen LogP contribution in [0.25, 0.3) is 0 Å². The molecule has 2 heterocycles. The predicted octanol–water partition coefficient (Wildman–Crippen LogP) is 5.37. The number of nitrogens with zero attached hydrogens (tertiary/aromatic N) is 4. The average Bonchev–Trinajstić information content (AvgIpc) is 3.25. The molecule has 0 saturated carbocycles. The summed E-state index contributed by atoms with van der Waals surface area (Å²) in [6.45, 7) is 3.97. The fourth-order valence-corrected chi connectivity index (χ4v) is 4.08. The van der Waals surface area contributed by atoms with Crippen LogP contribution in [0.2, 0.25) is 0 Å². The first-order valence-electron chi connectivity index (χ1n) is 8.28. The number of aryl methyl sites for hydroxylation is 1. The summed E-state index contributed by atoms with van der Waals surface area (Å²) in [7, 11) is 0. The Balaban J connectivity index is 1.57. The van der Waals surface area contributed by atoms with Gasteiger partial charge in [-0.25, -0.2) is 0 Å². The number of benzene rings is 1. The van der Waals surface area contributed by atoms with Crippen LogP contribution < -0.4 is 10.1 Å². The Hall–Kier alpha value is -2.34. The van der Waals surface area contributed by atoms with Crippen LogP contribution in [0.3, 0.4) is 0 Å². The van der Waals surface area contributed by atoms with Crippen LogP contribution in [0.4, 0.5) is 24.0 Å². The molecule has 0 fully saturated rings. The Morgan fingerprint density at radius 1 is 1.25 bits per heavy atom. The number of hydrogen-bond acceptors (Lipinski definition) is 9. The van der Waals surface area contributed by atoms with Gasteiger partial charge in [-0.2, -0.15) is 4.98 Å². The van der Waals surface area contributed by atoms with Crippen LogP contribution in [-0.2, 0) is 6.42 Å². The molecule has 0 saturated heterocycles. The van der Waals surface area contributed by atoms with Gasteiger partial charge in [0, 0.05) is 12.1 Å². The van der Waals surface area contributed by atoms with Crippen molar-refractivity contribution in [3.63, 3.8) is 0 Å². The van der Waals surface area contributed by atoms with Crippen molar-refractivity contribution in [3.8, 4) is 5.75 Å². The lowest BCUT2D eigenvalue weighted by molar-refractivity contribution is -0.274. The zero-order chi connectivity index (χ0) is 20.1. The molecule has 7 nitrogen and oxygen atoms in total. The molecule has 0 aliphatic carbocycles. The smallest absolute Gasteiger partial charge is 0.406 e. The van der Waals surface area contributed by atoms with E-state index in [-0.39, 0.29) is 11.0 Å². The summed E-state index contributed by atoms with van der Waals surface area (Å²) >= 11 is 2.74. The average molecular weight is 431 g/mol. The summed E-state index contributed by atoms with van der Waals surface area (Å²) in [4.78, 5) is 4.35. The summed E-state index contributed by atoms with van der Waals surface area (Å²) < 4.78 is 46.4. The minimum absolute atomic E-state index is 0.0855. The van der Waals surface area contributed by atoms with Crippen molar-refractivity contribution < 1.29 is 22.4 Å². The zero-order valence-electron chi connectivity index (χ0n) is 14.9. The Labute approximate surface area is 166 Å². The van der Waals surface area contributed by atoms with Gasteiger partial charge in [-0.1, -0.05) is 35.2 Å². The molecule has 3 aromatic rings. The molecular formula is C16H16F3N5O2S2. The first kappa shape index (κ1) is 20.4. The van der Waals surface area contributed by atoms with Gasteiger partial charge >= 0.3 is 6.36 Å². The van der Waals surface area contributed by atoms with E-state index in [0.29, 0.717) is 26.9 Å². The molecule has 12 heteroatoms. The molecule has 1 N–H and O–H groups in total. The Kier molecular flexibility index (Phi) is 6.39. The summed E-state index contributed by atoms with van der Waals surface area (Å²) in [5, 5.41) is 15.5. The molecule has 0 bridgehead atoms. The van der Waals surface area contributed by atoms with Crippen molar-refractivity contribution in [2.75, 3.05) is 5.32 Å². The topological polar surface area (TPSA) is 86.0 Å². The van der Waals surface area contributed by atoms with Gasteiger partial charge in [-0.15, -0.1) is 23.4 Å². The summed E-state index contributed by atoms with van der Waals surface area (Å²) in [6, 6.07) is 5.37. The Morgan fingerprint density at radius 2 is 2.00 bits per heavy atom. The normalized spacial score (nSPS) is 12.8. The molecule has 2 aromatic heterocycles. The molecule has 28 heavy (non-hydrogen) atoms. The van der Waals surface area contributed by atoms with Crippen molar-refractivity contribution in [2.24, 2.45) is 0 Å². The van der Waals surface area contributed by atoms with Crippen molar-refractivity contribution in [2.45, 2.75) is 42.6 Å². The number of thioether (sulfide) groups is 1. The standard InChI is InChI=1S/C16H16F3N5O2S2/c1-3-4-12-21-13(26-24-12)9(2)27-15-23-22-14(28-15)20-10-5-7-11(8-6-10)25-16(17,18)19/h5-9H,3-4H2,1-2H3,(H,20,22). The molecule has 0 aliphatic rings. The molecule has 0 amide bonds. The van der Waals surface area contributed by atoms with E-state index in [9.17, 15) is 13.2 Å². The third kappa shape index (κ3) is 5.83. The SMILES string of the molecule is CCCc1noc(C(C)Sc2nnc(Nc3ccc(OC(F)(F)F)cc3)s2)n1. The lowest BCUT2D eigenvalue weighted by Gasteiger charge is -2.09. The molecule has 1 atom stereocenters. The summed E-state index contributed by atoms with van der Waals surface area (Å²) in [6.07, 6.45) is -3.01. The van der Waals surface area contributed by atoms with Gasteiger partial charge in [-0.05, 0) is 37.6 Å². The van der Waals surface area contributed by atoms with Gasteiger partial charge in [0.25, 0.3) is 0 Å². The van der Waals surface area contributed by atoms with Gasteiger partial charge in [0.1, 0.15) is 5.75 Å². The first-order valence-corrected chi connectivity index (χ1v) is 9.97. The molecule has 0 aliphatic heterocycles. The van der Waals surface area contributed by atoms with Crippen LogP contribution in [0.1, 0.15) is 37.2 Å². The fraction of sp³-hybridized carbons (Fsp3) is 0.375. The van der Waals surface area contributed by atoms with Gasteiger partial charge in [0.15, 0.2) is 10.2 Å². The number of nitrogens with one attached hydrogen (secondary N) is 1. The van der Waals surface area contributed by atoms with E-state index in [1.807, 2.05) is 13.8 Å². The summed E-state index contributed by atoms with van der Waals surface area (Å²) in [5.74, 6) is 0.920. The van der Waals surface area contributed by atoms with Gasteiger partial charge in [-0.3, -0.25) is 0 Å². The molecule has 3 rings (SSSR count). The third-order valence-corrected chi connectivity index (χ3v) is 5.34. The number of alkyl halides is 3. The lowest BCUT2D eigenvalue weighted by Crippen LogP contribution is -2.16. The van der Waals surface area contributed by atoms with Crippen LogP contribution in [0, 0.1) is 0 Å². The second-order valence-electron chi connectivity index (χ2n) is 5.63. The van der Waals surface area contributed by atoms with E-state index in [1.165, 1.54) is 47.4 Å². The molecule has 1 aromatic carbocycles. The third-order valence-electron chi connectivity index (χ3n) is 3.33. The van der Waals surface area contributed by atoms with Crippen molar-refractivity contribution in [1.82, 2.24) is 20.3 Å². The molecule has 1 unspecified atom stereocenters. The van der Waals surface area contributed by atoms with Crippen LogP contribution in [0.15, 0.2) is 33.1 Å². The van der Waals surface area contributed by atoms with Crippen molar-refractivity contribution in [1.29, 1.82) is 0 Å². The maximum Gasteiger partial charge on any atom is 0.573 e. The maximum absolute atomic E-state index is 12.2. The number of anilines is 2. The van der Waals surface area contributed by atoms with E-state index in [2.05, 4.69) is 30.4 Å². The predicted molar refractivity (Wildman–Crippen MR) is 98.9 cm³/mol. The highest BCUT2D eigenvalue weighted by Gasteiger charge is 2.31. The van der Waals surface area contributed by atoms with Crippen LogP contribution >= 0.6 is 23.1 Å². The van der Waals surface area contributed by atoms with E-state index in [4.69, 9.17) is 4.52 Å². The van der Waals surface area contributed by atoms with E-state index >= 15 is 0 Å². The number of ether oxygens (including phenoxy) is 1. The minimum Gasteiger partial charge on any atom is -0.406 e. The van der Waals surface area contributed by atoms with Crippen LogP contribution in [0.5, 0.6) is 5.75 Å². The van der Waals surface area contributed by atoms with E-state index in [0.717, 1.165) is 12.8 Å². The molecule has 0 spiro atoms. The highest BCUT2D eigenvalue weighted by molar-refractivity contribution is 8.01. The summed E-state index contributed by atoms with van der Waals surface area (Å²) in [5.41, 5.74) is 0.566. The van der Waals surface area contributed by atoms with Crippen LogP contribution in [-0.4, -0.2) is 26.7 Å². The lowest BCUT2D eigenvalue weighted by atomic mass is 10.3. The monoisotopic (exact) mass is 431 g/mol. The molecular weight excluding hydrogens is 415 g/mol. The highest BCUT2D eigenvalue weighted by atomic mass is 32.2. The van der Waals surface area contributed by atoms with Gasteiger partial charge in [0.05, 0.1) is 5.25 Å². The van der Waals surface area contributed by atoms with E-state index in [1.54, 1.807) is 0 Å². The number of hydrogen-bond donors (Lipinski definition) is 1.